The number of hydrogen-bond acceptors (Lipinski definition) is 3. The van der Waals surface area contributed by atoms with Gasteiger partial charge in [0.2, 0.25) is 5.91 Å². The molecule has 0 aliphatic carbocycles. The summed E-state index contributed by atoms with van der Waals surface area (Å²) in [5.41, 5.74) is -0.877. The highest BCUT2D eigenvalue weighted by atomic mass is 79.9. The zero-order chi connectivity index (χ0) is 24.5. The molecule has 0 bridgehead atoms. The molecule has 0 aliphatic heterocycles. The minimum atomic E-state index is -0.781. The van der Waals surface area contributed by atoms with E-state index in [9.17, 15) is 23.2 Å². The van der Waals surface area contributed by atoms with Crippen LogP contribution in [0.3, 0.4) is 0 Å². The van der Waals surface area contributed by atoms with Crippen molar-refractivity contribution in [3.8, 4) is 0 Å². The van der Waals surface area contributed by atoms with Gasteiger partial charge in [0, 0.05) is 22.9 Å². The van der Waals surface area contributed by atoms with Crippen molar-refractivity contribution in [3.63, 3.8) is 0 Å². The first-order valence-electron chi connectivity index (χ1n) is 10.3. The summed E-state index contributed by atoms with van der Waals surface area (Å²) in [6.07, 6.45) is 1.23. The second-order valence-corrected chi connectivity index (χ2v) is 9.62. The zero-order valence-electron chi connectivity index (χ0n) is 18.7. The highest BCUT2D eigenvalue weighted by Gasteiger charge is 2.22. The van der Waals surface area contributed by atoms with Crippen molar-refractivity contribution in [2.24, 2.45) is 5.41 Å². The molecule has 174 valence electrons. The average molecular weight is 520 g/mol. The fourth-order valence-electron chi connectivity index (χ4n) is 3.21. The molecule has 1 atom stereocenters. The Morgan fingerprint density at radius 2 is 1.64 bits per heavy atom. The molecular formula is C24H24BrF2N3O3. The number of halogens is 3. The smallest absolute Gasteiger partial charge is 0.326 e. The first-order chi connectivity index (χ1) is 15.4. The third-order valence-corrected chi connectivity index (χ3v) is 5.80. The number of carbonyl (C=O) groups is 1. The van der Waals surface area contributed by atoms with Gasteiger partial charge >= 0.3 is 5.69 Å². The Balaban J connectivity index is 1.97. The molecule has 0 spiro atoms. The molecule has 0 radical (unpaired) electrons. The number of benzene rings is 2. The molecule has 3 aromatic rings. The summed E-state index contributed by atoms with van der Waals surface area (Å²) in [5, 5.41) is 2.81. The van der Waals surface area contributed by atoms with Crippen molar-refractivity contribution >= 4 is 27.5 Å². The molecule has 1 amide bonds. The van der Waals surface area contributed by atoms with Gasteiger partial charge in [0.25, 0.3) is 5.56 Å². The van der Waals surface area contributed by atoms with Gasteiger partial charge in [0.1, 0.15) is 11.6 Å². The Bertz CT molecular complexity index is 1290. The van der Waals surface area contributed by atoms with E-state index in [0.29, 0.717) is 11.3 Å². The fraction of sp³-hybridized carbons (Fsp3) is 0.292. The van der Waals surface area contributed by atoms with Gasteiger partial charge in [-0.05, 0) is 52.7 Å². The van der Waals surface area contributed by atoms with Crippen molar-refractivity contribution in [1.82, 2.24) is 9.13 Å². The maximum atomic E-state index is 14.1. The highest BCUT2D eigenvalue weighted by molar-refractivity contribution is 9.10. The Morgan fingerprint density at radius 3 is 2.18 bits per heavy atom. The van der Waals surface area contributed by atoms with E-state index >= 15 is 0 Å². The number of nitrogens with one attached hydrogen (secondary N) is 1. The topological polar surface area (TPSA) is 73.1 Å². The van der Waals surface area contributed by atoms with E-state index in [0.717, 1.165) is 21.3 Å². The van der Waals surface area contributed by atoms with Gasteiger partial charge in [-0.2, -0.15) is 0 Å². The van der Waals surface area contributed by atoms with Gasteiger partial charge in [0.15, 0.2) is 0 Å². The molecule has 3 rings (SSSR count). The van der Waals surface area contributed by atoms with Crippen molar-refractivity contribution in [3.05, 3.63) is 96.7 Å². The van der Waals surface area contributed by atoms with Crippen LogP contribution in [0.2, 0.25) is 0 Å². The van der Waals surface area contributed by atoms with Crippen LogP contribution in [0.5, 0.6) is 0 Å². The van der Waals surface area contributed by atoms with Crippen LogP contribution in [-0.2, 0) is 11.3 Å². The molecule has 0 saturated carbocycles. The van der Waals surface area contributed by atoms with E-state index in [4.69, 9.17) is 0 Å². The van der Waals surface area contributed by atoms with E-state index in [1.165, 1.54) is 12.3 Å². The largest absolute Gasteiger partial charge is 0.331 e. The maximum Gasteiger partial charge on any atom is 0.331 e. The first-order valence-corrected chi connectivity index (χ1v) is 11.0. The third kappa shape index (κ3) is 5.30. The lowest BCUT2D eigenvalue weighted by Gasteiger charge is -2.19. The molecule has 1 N–H and O–H groups in total. The summed E-state index contributed by atoms with van der Waals surface area (Å²) >= 11 is 3.15. The van der Waals surface area contributed by atoms with Gasteiger partial charge < -0.3 is 5.32 Å². The molecule has 6 nitrogen and oxygen atoms in total. The molecule has 2 aromatic carbocycles. The molecule has 0 aliphatic rings. The van der Waals surface area contributed by atoms with Crippen LogP contribution >= 0.6 is 15.9 Å². The van der Waals surface area contributed by atoms with Crippen LogP contribution < -0.4 is 16.6 Å². The van der Waals surface area contributed by atoms with Gasteiger partial charge in [-0.3, -0.25) is 18.7 Å². The molecule has 1 heterocycles. The number of aromatic nitrogens is 2. The van der Waals surface area contributed by atoms with Crippen LogP contribution in [0, 0.1) is 17.0 Å². The van der Waals surface area contributed by atoms with Crippen LogP contribution in [0.25, 0.3) is 0 Å². The number of nitrogens with zero attached hydrogens (tertiary/aromatic N) is 2. The van der Waals surface area contributed by atoms with Gasteiger partial charge in [-0.15, -0.1) is 0 Å². The molecule has 0 saturated heterocycles. The standard InChI is InChI=1S/C24H24BrF2N3O3/c1-14(15-8-10-16(11-9-15)28-22(32)24(2,3)4)30-21(31)18(25)13-29(23(30)33)12-17-19(26)6-5-7-20(17)27/h5-11,13-14H,12H2,1-4H3,(H,28,32)/t14-/m1/s1. The summed E-state index contributed by atoms with van der Waals surface area (Å²) in [4.78, 5) is 38.1. The van der Waals surface area contributed by atoms with E-state index in [1.54, 1.807) is 52.0 Å². The Morgan fingerprint density at radius 1 is 1.06 bits per heavy atom. The number of hydrogen-bond donors (Lipinski definition) is 1. The van der Waals surface area contributed by atoms with E-state index in [-0.39, 0.29) is 22.5 Å². The van der Waals surface area contributed by atoms with Gasteiger partial charge in [-0.25, -0.2) is 13.6 Å². The summed E-state index contributed by atoms with van der Waals surface area (Å²) in [6.45, 7) is 6.71. The van der Waals surface area contributed by atoms with Crippen molar-refractivity contribution in [2.45, 2.75) is 40.3 Å². The number of anilines is 1. The Labute approximate surface area is 198 Å². The van der Waals surface area contributed by atoms with E-state index in [1.807, 2.05) is 0 Å². The second kappa shape index (κ2) is 9.43. The summed E-state index contributed by atoms with van der Waals surface area (Å²) < 4.78 is 30.4. The molecule has 0 unspecified atom stereocenters. The third-order valence-electron chi connectivity index (χ3n) is 5.25. The summed E-state index contributed by atoms with van der Waals surface area (Å²) in [5.74, 6) is -1.71. The van der Waals surface area contributed by atoms with Crippen molar-refractivity contribution < 1.29 is 13.6 Å². The first kappa shape index (κ1) is 24.6. The summed E-state index contributed by atoms with van der Waals surface area (Å²) in [6, 6.07) is 9.56. The van der Waals surface area contributed by atoms with Crippen LogP contribution in [0.1, 0.15) is 44.9 Å². The molecule has 1 aromatic heterocycles. The SMILES string of the molecule is C[C@H](c1ccc(NC(=O)C(C)(C)C)cc1)n1c(=O)c(Br)cn(Cc2c(F)cccc2F)c1=O. The molecule has 33 heavy (non-hydrogen) atoms. The van der Waals surface area contributed by atoms with Gasteiger partial charge in [-0.1, -0.05) is 39.0 Å². The summed E-state index contributed by atoms with van der Waals surface area (Å²) in [7, 11) is 0. The lowest BCUT2D eigenvalue weighted by atomic mass is 9.95. The quantitative estimate of drug-likeness (QED) is 0.531. The predicted octanol–water partition coefficient (Wildman–Crippen LogP) is 4.69. The van der Waals surface area contributed by atoms with Crippen molar-refractivity contribution in [2.75, 3.05) is 5.32 Å². The molecule has 0 fully saturated rings. The fourth-order valence-corrected chi connectivity index (χ4v) is 3.65. The Kier molecular flexibility index (Phi) is 7.02. The monoisotopic (exact) mass is 519 g/mol. The van der Waals surface area contributed by atoms with Crippen LogP contribution in [-0.4, -0.2) is 15.0 Å². The number of rotatable bonds is 5. The second-order valence-electron chi connectivity index (χ2n) is 8.76. The number of amides is 1. The predicted molar refractivity (Wildman–Crippen MR) is 126 cm³/mol. The van der Waals surface area contributed by atoms with Crippen LogP contribution in [0.4, 0.5) is 14.5 Å². The lowest BCUT2D eigenvalue weighted by Crippen LogP contribution is -2.42. The van der Waals surface area contributed by atoms with E-state index < -0.39 is 34.3 Å². The lowest BCUT2D eigenvalue weighted by molar-refractivity contribution is -0.123. The van der Waals surface area contributed by atoms with Gasteiger partial charge in [0.05, 0.1) is 17.1 Å². The van der Waals surface area contributed by atoms with Crippen LogP contribution in [0.15, 0.2) is 62.7 Å². The molecule has 9 heteroatoms. The maximum absolute atomic E-state index is 14.1. The average Bonchev–Trinajstić information content (AvgIpc) is 2.74. The zero-order valence-corrected chi connectivity index (χ0v) is 20.2. The normalized spacial score (nSPS) is 12.5. The van der Waals surface area contributed by atoms with E-state index in [2.05, 4.69) is 21.2 Å². The van der Waals surface area contributed by atoms with Crippen molar-refractivity contribution in [1.29, 1.82) is 0 Å². The minimum Gasteiger partial charge on any atom is -0.326 e. The highest BCUT2D eigenvalue weighted by Crippen LogP contribution is 2.21. The molecular weight excluding hydrogens is 496 g/mol. The minimum absolute atomic E-state index is 0.0831. The number of carbonyl (C=O) groups excluding carboxylic acids is 1. The Hall–Kier alpha value is -3.07.